The first kappa shape index (κ1) is 13.6. The van der Waals surface area contributed by atoms with Crippen LogP contribution < -0.4 is 5.32 Å². The van der Waals surface area contributed by atoms with Gasteiger partial charge in [-0.3, -0.25) is 0 Å². The van der Waals surface area contributed by atoms with Crippen LogP contribution in [0.4, 0.5) is 0 Å². The van der Waals surface area contributed by atoms with E-state index in [0.717, 1.165) is 11.8 Å². The van der Waals surface area contributed by atoms with Crippen molar-refractivity contribution in [2.45, 2.75) is 58.9 Å². The predicted molar refractivity (Wildman–Crippen MR) is 81.6 cm³/mol. The average Bonchev–Trinajstić information content (AvgIpc) is 2.71. The lowest BCUT2D eigenvalue weighted by molar-refractivity contribution is 0.223. The highest BCUT2D eigenvalue weighted by atomic mass is 32.1. The molecule has 0 bridgehead atoms. The molecule has 0 amide bonds. The zero-order valence-electron chi connectivity index (χ0n) is 12.6. The highest BCUT2D eigenvalue weighted by molar-refractivity contribution is 7.11. The smallest absolute Gasteiger partial charge is 0.0896 e. The molecule has 1 aromatic heterocycles. The number of nitrogens with zero attached hydrogens (tertiary/aromatic N) is 1. The van der Waals surface area contributed by atoms with Crippen LogP contribution in [0.25, 0.3) is 0 Å². The third-order valence-corrected chi connectivity index (χ3v) is 5.58. The lowest BCUT2D eigenvalue weighted by Gasteiger charge is -2.34. The van der Waals surface area contributed by atoms with Crippen LogP contribution in [-0.4, -0.2) is 17.1 Å². The summed E-state index contributed by atoms with van der Waals surface area (Å²) in [5.74, 6) is 2.08. The van der Waals surface area contributed by atoms with Crippen molar-refractivity contribution in [3.05, 3.63) is 16.1 Å². The number of nitrogens with one attached hydrogen (secondary N) is 1. The Balaban J connectivity index is 1.70. The molecule has 2 aliphatic rings. The van der Waals surface area contributed by atoms with Gasteiger partial charge in [-0.05, 0) is 70.6 Å². The molecule has 19 heavy (non-hydrogen) atoms. The largest absolute Gasteiger partial charge is 0.312 e. The Kier molecular flexibility index (Phi) is 3.25. The van der Waals surface area contributed by atoms with Gasteiger partial charge in [0.1, 0.15) is 0 Å². The zero-order valence-corrected chi connectivity index (χ0v) is 13.4. The summed E-state index contributed by atoms with van der Waals surface area (Å²) in [7, 11) is 0. The molecule has 106 valence electrons. The SMILES string of the molecule is Cc1ncc(CC2(CNC(C)(C)C)CC3CC3C2)s1. The van der Waals surface area contributed by atoms with E-state index < -0.39 is 0 Å². The van der Waals surface area contributed by atoms with Gasteiger partial charge in [0.15, 0.2) is 0 Å². The van der Waals surface area contributed by atoms with Crippen molar-refractivity contribution in [1.82, 2.24) is 10.3 Å². The summed E-state index contributed by atoms with van der Waals surface area (Å²) >= 11 is 1.88. The molecule has 0 aliphatic heterocycles. The van der Waals surface area contributed by atoms with Gasteiger partial charge in [-0.2, -0.15) is 0 Å². The van der Waals surface area contributed by atoms with Crippen molar-refractivity contribution in [3.63, 3.8) is 0 Å². The number of rotatable bonds is 4. The van der Waals surface area contributed by atoms with E-state index in [4.69, 9.17) is 0 Å². The maximum Gasteiger partial charge on any atom is 0.0896 e. The molecule has 2 fully saturated rings. The molecular weight excluding hydrogens is 252 g/mol. The second kappa shape index (κ2) is 4.56. The maximum absolute atomic E-state index is 4.43. The third kappa shape index (κ3) is 3.19. The van der Waals surface area contributed by atoms with Crippen molar-refractivity contribution < 1.29 is 0 Å². The van der Waals surface area contributed by atoms with Gasteiger partial charge in [0.25, 0.3) is 0 Å². The molecule has 0 radical (unpaired) electrons. The normalized spacial score (nSPS) is 33.5. The van der Waals surface area contributed by atoms with E-state index in [1.54, 1.807) is 0 Å². The summed E-state index contributed by atoms with van der Waals surface area (Å²) in [6, 6.07) is 0. The van der Waals surface area contributed by atoms with E-state index in [1.807, 2.05) is 11.3 Å². The van der Waals surface area contributed by atoms with Crippen LogP contribution in [0.2, 0.25) is 0 Å². The van der Waals surface area contributed by atoms with E-state index in [-0.39, 0.29) is 5.54 Å². The Bertz CT molecular complexity index is 448. The van der Waals surface area contributed by atoms with Gasteiger partial charge in [-0.15, -0.1) is 11.3 Å². The lowest BCUT2D eigenvalue weighted by atomic mass is 9.78. The number of thiazole rings is 1. The molecule has 2 nitrogen and oxygen atoms in total. The third-order valence-electron chi connectivity index (χ3n) is 4.67. The highest BCUT2D eigenvalue weighted by Crippen LogP contribution is 2.60. The van der Waals surface area contributed by atoms with Crippen LogP contribution in [0, 0.1) is 24.2 Å². The van der Waals surface area contributed by atoms with Crippen molar-refractivity contribution in [2.24, 2.45) is 17.3 Å². The molecule has 1 aromatic rings. The van der Waals surface area contributed by atoms with E-state index in [1.165, 1.54) is 42.1 Å². The highest BCUT2D eigenvalue weighted by Gasteiger charge is 2.53. The number of aromatic nitrogens is 1. The predicted octanol–water partition coefficient (Wildman–Crippen LogP) is 3.80. The van der Waals surface area contributed by atoms with Gasteiger partial charge in [-0.1, -0.05) is 0 Å². The van der Waals surface area contributed by atoms with E-state index in [0.29, 0.717) is 5.41 Å². The second-order valence-electron chi connectivity index (χ2n) is 7.79. The van der Waals surface area contributed by atoms with Crippen LogP contribution in [0.3, 0.4) is 0 Å². The van der Waals surface area contributed by atoms with Gasteiger partial charge in [-0.25, -0.2) is 4.98 Å². The molecule has 3 heteroatoms. The van der Waals surface area contributed by atoms with Crippen LogP contribution in [0.5, 0.6) is 0 Å². The van der Waals surface area contributed by atoms with Crippen molar-refractivity contribution in [3.8, 4) is 0 Å². The zero-order chi connectivity index (χ0) is 13.7. The fourth-order valence-electron chi connectivity index (χ4n) is 3.67. The van der Waals surface area contributed by atoms with E-state index in [9.17, 15) is 0 Å². The van der Waals surface area contributed by atoms with Gasteiger partial charge in [0, 0.05) is 23.2 Å². The molecule has 2 aliphatic carbocycles. The monoisotopic (exact) mass is 278 g/mol. The van der Waals surface area contributed by atoms with E-state index >= 15 is 0 Å². The second-order valence-corrected chi connectivity index (χ2v) is 9.11. The number of fused-ring (bicyclic) bond motifs is 1. The van der Waals surface area contributed by atoms with Crippen LogP contribution >= 0.6 is 11.3 Å². The summed E-state index contributed by atoms with van der Waals surface area (Å²) in [6.45, 7) is 10.1. The first-order valence-electron chi connectivity index (χ1n) is 7.52. The van der Waals surface area contributed by atoms with Crippen LogP contribution in [0.15, 0.2) is 6.20 Å². The van der Waals surface area contributed by atoms with Crippen LogP contribution in [-0.2, 0) is 6.42 Å². The van der Waals surface area contributed by atoms with Crippen molar-refractivity contribution in [2.75, 3.05) is 6.54 Å². The van der Waals surface area contributed by atoms with Gasteiger partial charge >= 0.3 is 0 Å². The van der Waals surface area contributed by atoms with Crippen LogP contribution in [0.1, 0.15) is 49.9 Å². The molecule has 1 N–H and O–H groups in total. The Labute approximate surface area is 121 Å². The number of hydrogen-bond acceptors (Lipinski definition) is 3. The van der Waals surface area contributed by atoms with Gasteiger partial charge < -0.3 is 5.32 Å². The van der Waals surface area contributed by atoms with Crippen molar-refractivity contribution >= 4 is 11.3 Å². The molecule has 2 saturated carbocycles. The molecule has 1 heterocycles. The average molecular weight is 278 g/mol. The molecule has 0 aromatic carbocycles. The summed E-state index contributed by atoms with van der Waals surface area (Å²) in [6.07, 6.45) is 7.69. The summed E-state index contributed by atoms with van der Waals surface area (Å²) < 4.78 is 0. The molecule has 2 atom stereocenters. The topological polar surface area (TPSA) is 24.9 Å². The van der Waals surface area contributed by atoms with E-state index in [2.05, 4.69) is 44.2 Å². The minimum atomic E-state index is 0.226. The first-order chi connectivity index (χ1) is 8.85. The molecule has 0 saturated heterocycles. The summed E-state index contributed by atoms with van der Waals surface area (Å²) in [5.41, 5.74) is 0.725. The molecule has 2 unspecified atom stereocenters. The first-order valence-corrected chi connectivity index (χ1v) is 8.33. The Morgan fingerprint density at radius 3 is 2.58 bits per heavy atom. The Morgan fingerprint density at radius 2 is 2.05 bits per heavy atom. The van der Waals surface area contributed by atoms with Gasteiger partial charge in [0.05, 0.1) is 5.01 Å². The molecular formula is C16H26N2S. The fourth-order valence-corrected chi connectivity index (χ4v) is 4.64. The lowest BCUT2D eigenvalue weighted by Crippen LogP contribution is -2.44. The maximum atomic E-state index is 4.43. The molecule has 3 rings (SSSR count). The Morgan fingerprint density at radius 1 is 1.37 bits per heavy atom. The van der Waals surface area contributed by atoms with Crippen molar-refractivity contribution in [1.29, 1.82) is 0 Å². The minimum Gasteiger partial charge on any atom is -0.312 e. The number of hydrogen-bond donors (Lipinski definition) is 1. The number of aryl methyl sites for hydroxylation is 1. The quantitative estimate of drug-likeness (QED) is 0.906. The van der Waals surface area contributed by atoms with Gasteiger partial charge in [0.2, 0.25) is 0 Å². The standard InChI is InChI=1S/C16H26N2S/c1-11-17-9-14(19-11)8-16(10-18-15(2,3)4)6-12-5-13(12)7-16/h9,12-13,18H,5-8,10H2,1-4H3. The Hall–Kier alpha value is -0.410. The summed E-state index contributed by atoms with van der Waals surface area (Å²) in [4.78, 5) is 5.91. The minimum absolute atomic E-state index is 0.226. The molecule has 0 spiro atoms. The summed E-state index contributed by atoms with van der Waals surface area (Å²) in [5, 5.41) is 4.96. The fraction of sp³-hybridized carbons (Fsp3) is 0.812.